The Labute approximate surface area is 96.5 Å². The Morgan fingerprint density at radius 2 is 2.31 bits per heavy atom. The molecule has 92 valence electrons. The second-order valence-electron chi connectivity index (χ2n) is 4.32. The Morgan fingerprint density at radius 3 is 2.94 bits per heavy atom. The van der Waals surface area contributed by atoms with Crippen LogP contribution in [0.25, 0.3) is 0 Å². The number of hydrogen-bond donors (Lipinski definition) is 1. The van der Waals surface area contributed by atoms with Gasteiger partial charge in [0.15, 0.2) is 0 Å². The molecule has 0 amide bonds. The van der Waals surface area contributed by atoms with Crippen molar-refractivity contribution < 1.29 is 9.84 Å². The highest BCUT2D eigenvalue weighted by Gasteiger charge is 2.23. The van der Waals surface area contributed by atoms with E-state index in [1.165, 1.54) is 6.33 Å². The summed E-state index contributed by atoms with van der Waals surface area (Å²) < 4.78 is 6.82. The Balaban J connectivity index is 2.60. The molecule has 0 saturated carbocycles. The van der Waals surface area contributed by atoms with Crippen molar-refractivity contribution in [3.8, 4) is 0 Å². The highest BCUT2D eigenvalue weighted by atomic mass is 16.5. The number of hydrogen-bond acceptors (Lipinski definition) is 4. The lowest BCUT2D eigenvalue weighted by atomic mass is 9.98. The van der Waals surface area contributed by atoms with Gasteiger partial charge in [0.1, 0.15) is 12.2 Å². The van der Waals surface area contributed by atoms with Crippen LogP contribution in [-0.2, 0) is 17.7 Å². The van der Waals surface area contributed by atoms with Crippen molar-refractivity contribution in [1.29, 1.82) is 0 Å². The fraction of sp³-hybridized carbons (Fsp3) is 0.818. The first-order valence-electron chi connectivity index (χ1n) is 5.67. The minimum atomic E-state index is -0.783. The maximum Gasteiger partial charge on any atom is 0.138 e. The zero-order chi connectivity index (χ0) is 12.0. The molecule has 0 aliphatic rings. The van der Waals surface area contributed by atoms with Crippen LogP contribution in [0, 0.1) is 0 Å². The van der Waals surface area contributed by atoms with Gasteiger partial charge in [-0.15, -0.1) is 0 Å². The van der Waals surface area contributed by atoms with Gasteiger partial charge in [0, 0.05) is 26.7 Å². The minimum absolute atomic E-state index is 0.510. The zero-order valence-corrected chi connectivity index (χ0v) is 10.3. The number of aryl methyl sites for hydroxylation is 1. The minimum Gasteiger partial charge on any atom is -0.390 e. The van der Waals surface area contributed by atoms with E-state index >= 15 is 0 Å². The normalized spacial score (nSPS) is 15.0. The highest BCUT2D eigenvalue weighted by molar-refractivity contribution is 4.92. The lowest BCUT2D eigenvalue weighted by molar-refractivity contribution is 0.0224. The molecule has 0 radical (unpaired) electrons. The van der Waals surface area contributed by atoms with Crippen molar-refractivity contribution in [1.82, 2.24) is 14.8 Å². The maximum atomic E-state index is 10.1. The Morgan fingerprint density at radius 1 is 1.56 bits per heavy atom. The first kappa shape index (κ1) is 13.1. The van der Waals surface area contributed by atoms with E-state index in [-0.39, 0.29) is 0 Å². The third-order valence-electron chi connectivity index (χ3n) is 2.51. The van der Waals surface area contributed by atoms with Gasteiger partial charge in [-0.1, -0.05) is 6.92 Å². The molecule has 0 aliphatic heterocycles. The summed E-state index contributed by atoms with van der Waals surface area (Å²) in [5.41, 5.74) is -0.783. The van der Waals surface area contributed by atoms with E-state index in [0.717, 1.165) is 18.8 Å². The second-order valence-corrected chi connectivity index (χ2v) is 4.32. The third-order valence-corrected chi connectivity index (χ3v) is 2.51. The predicted octanol–water partition coefficient (Wildman–Crippen LogP) is 1.02. The van der Waals surface area contributed by atoms with Gasteiger partial charge in [0.25, 0.3) is 0 Å². The molecule has 5 nitrogen and oxygen atoms in total. The smallest absolute Gasteiger partial charge is 0.138 e. The number of rotatable bonds is 7. The molecular formula is C11H21N3O2. The second kappa shape index (κ2) is 5.96. The number of aromatic nitrogens is 3. The lowest BCUT2D eigenvalue weighted by Gasteiger charge is -2.22. The Hall–Kier alpha value is -0.940. The SMILES string of the molecule is CCCn1ncnc1CC(C)(O)CCOC. The molecule has 0 bridgehead atoms. The largest absolute Gasteiger partial charge is 0.390 e. The van der Waals surface area contributed by atoms with Crippen LogP contribution in [0.1, 0.15) is 32.5 Å². The summed E-state index contributed by atoms with van der Waals surface area (Å²) in [6.45, 7) is 5.29. The van der Waals surface area contributed by atoms with E-state index in [2.05, 4.69) is 17.0 Å². The molecule has 0 spiro atoms. The molecule has 16 heavy (non-hydrogen) atoms. The summed E-state index contributed by atoms with van der Waals surface area (Å²) in [4.78, 5) is 4.18. The van der Waals surface area contributed by atoms with E-state index in [1.807, 2.05) is 4.68 Å². The predicted molar refractivity (Wildman–Crippen MR) is 61.1 cm³/mol. The Bertz CT molecular complexity index is 310. The van der Waals surface area contributed by atoms with E-state index in [9.17, 15) is 5.11 Å². The standard InChI is InChI=1S/C11H21N3O2/c1-4-6-14-10(12-9-13-14)8-11(2,15)5-7-16-3/h9,15H,4-8H2,1-3H3. The summed E-state index contributed by atoms with van der Waals surface area (Å²) in [7, 11) is 1.63. The van der Waals surface area contributed by atoms with Crippen molar-refractivity contribution in [3.63, 3.8) is 0 Å². The molecular weight excluding hydrogens is 206 g/mol. The molecule has 0 aliphatic carbocycles. The van der Waals surface area contributed by atoms with Crippen molar-refractivity contribution >= 4 is 0 Å². The van der Waals surface area contributed by atoms with Gasteiger partial charge < -0.3 is 9.84 Å². The van der Waals surface area contributed by atoms with Crippen molar-refractivity contribution in [2.24, 2.45) is 0 Å². The molecule has 1 aromatic rings. The number of aliphatic hydroxyl groups is 1. The van der Waals surface area contributed by atoms with Crippen LogP contribution in [0.15, 0.2) is 6.33 Å². The first-order chi connectivity index (χ1) is 7.59. The molecule has 5 heteroatoms. The Kier molecular flexibility index (Phi) is 4.89. The molecule has 1 N–H and O–H groups in total. The summed E-state index contributed by atoms with van der Waals surface area (Å²) in [5, 5.41) is 14.3. The van der Waals surface area contributed by atoms with E-state index < -0.39 is 5.60 Å². The molecule has 0 fully saturated rings. The average molecular weight is 227 g/mol. The van der Waals surface area contributed by atoms with Gasteiger partial charge in [-0.05, 0) is 19.8 Å². The molecule has 1 heterocycles. The average Bonchev–Trinajstić information content (AvgIpc) is 2.63. The van der Waals surface area contributed by atoms with Crippen LogP contribution in [-0.4, -0.2) is 39.2 Å². The molecule has 1 rings (SSSR count). The fourth-order valence-corrected chi connectivity index (χ4v) is 1.57. The zero-order valence-electron chi connectivity index (χ0n) is 10.3. The van der Waals surface area contributed by atoms with Crippen molar-refractivity contribution in [2.45, 2.75) is 45.3 Å². The van der Waals surface area contributed by atoms with Gasteiger partial charge in [-0.25, -0.2) is 4.98 Å². The topological polar surface area (TPSA) is 60.2 Å². The maximum absolute atomic E-state index is 10.1. The number of methoxy groups -OCH3 is 1. The van der Waals surface area contributed by atoms with Crippen LogP contribution in [0.2, 0.25) is 0 Å². The lowest BCUT2D eigenvalue weighted by Crippen LogP contribution is -2.30. The quantitative estimate of drug-likeness (QED) is 0.755. The van der Waals surface area contributed by atoms with Gasteiger partial charge in [0.2, 0.25) is 0 Å². The molecule has 1 aromatic heterocycles. The van der Waals surface area contributed by atoms with E-state index in [0.29, 0.717) is 19.4 Å². The van der Waals surface area contributed by atoms with E-state index in [4.69, 9.17) is 4.74 Å². The van der Waals surface area contributed by atoms with Crippen LogP contribution >= 0.6 is 0 Å². The van der Waals surface area contributed by atoms with Gasteiger partial charge in [-0.2, -0.15) is 5.10 Å². The molecule has 1 unspecified atom stereocenters. The third kappa shape index (κ3) is 3.90. The number of nitrogens with zero attached hydrogens (tertiary/aromatic N) is 3. The summed E-state index contributed by atoms with van der Waals surface area (Å²) in [5.74, 6) is 0.836. The van der Waals surface area contributed by atoms with Crippen molar-refractivity contribution in [3.05, 3.63) is 12.2 Å². The summed E-state index contributed by atoms with van der Waals surface area (Å²) >= 11 is 0. The van der Waals surface area contributed by atoms with Gasteiger partial charge in [-0.3, -0.25) is 4.68 Å². The summed E-state index contributed by atoms with van der Waals surface area (Å²) in [6.07, 6.45) is 3.66. The van der Waals surface area contributed by atoms with Gasteiger partial charge >= 0.3 is 0 Å². The molecule has 1 atom stereocenters. The van der Waals surface area contributed by atoms with Crippen LogP contribution < -0.4 is 0 Å². The fourth-order valence-electron chi connectivity index (χ4n) is 1.57. The van der Waals surface area contributed by atoms with E-state index in [1.54, 1.807) is 14.0 Å². The van der Waals surface area contributed by atoms with Crippen molar-refractivity contribution in [2.75, 3.05) is 13.7 Å². The van der Waals surface area contributed by atoms with Crippen LogP contribution in [0.4, 0.5) is 0 Å². The van der Waals surface area contributed by atoms with Crippen LogP contribution in [0.3, 0.4) is 0 Å². The highest BCUT2D eigenvalue weighted by Crippen LogP contribution is 2.15. The monoisotopic (exact) mass is 227 g/mol. The van der Waals surface area contributed by atoms with Gasteiger partial charge in [0.05, 0.1) is 5.60 Å². The first-order valence-corrected chi connectivity index (χ1v) is 5.67. The molecule has 0 aromatic carbocycles. The number of ether oxygens (including phenoxy) is 1. The summed E-state index contributed by atoms with van der Waals surface area (Å²) in [6, 6.07) is 0. The molecule has 0 saturated heterocycles. The van der Waals surface area contributed by atoms with Crippen LogP contribution in [0.5, 0.6) is 0 Å².